The van der Waals surface area contributed by atoms with Gasteiger partial charge in [0.25, 0.3) is 0 Å². The fourth-order valence-corrected chi connectivity index (χ4v) is 3.70. The van der Waals surface area contributed by atoms with E-state index in [1.165, 1.54) is 22.3 Å². The zero-order valence-electron chi connectivity index (χ0n) is 13.3. The number of nitrogens with one attached hydrogen (secondary N) is 2. The van der Waals surface area contributed by atoms with E-state index in [4.69, 9.17) is 0 Å². The number of para-hydroxylation sites is 1. The van der Waals surface area contributed by atoms with Gasteiger partial charge < -0.3 is 0 Å². The van der Waals surface area contributed by atoms with Crippen LogP contribution < -0.4 is 10.9 Å². The van der Waals surface area contributed by atoms with E-state index in [2.05, 4.69) is 58.3 Å². The molecule has 24 heavy (non-hydrogen) atoms. The van der Waals surface area contributed by atoms with Gasteiger partial charge in [0.15, 0.2) is 0 Å². The molecule has 3 nitrogen and oxygen atoms in total. The van der Waals surface area contributed by atoms with E-state index in [0.717, 1.165) is 29.2 Å². The van der Waals surface area contributed by atoms with Crippen LogP contribution >= 0.6 is 11.3 Å². The van der Waals surface area contributed by atoms with Crippen molar-refractivity contribution in [2.45, 2.75) is 19.3 Å². The molecule has 120 valence electrons. The third-order valence-electron chi connectivity index (χ3n) is 4.08. The van der Waals surface area contributed by atoms with Gasteiger partial charge in [-0.15, -0.1) is 0 Å². The number of thiazole rings is 1. The first-order valence-corrected chi connectivity index (χ1v) is 9.04. The maximum absolute atomic E-state index is 4.60. The number of aromatic nitrogens is 1. The molecule has 2 aromatic carbocycles. The molecule has 0 amide bonds. The highest BCUT2D eigenvalue weighted by atomic mass is 32.1. The molecule has 0 aliphatic heterocycles. The largest absolute Gasteiger partial charge is 0.299 e. The summed E-state index contributed by atoms with van der Waals surface area (Å²) < 4.78 is 1.19. The zero-order chi connectivity index (χ0) is 16.2. The van der Waals surface area contributed by atoms with Crippen LogP contribution in [0.25, 0.3) is 16.3 Å². The van der Waals surface area contributed by atoms with Crippen molar-refractivity contribution in [2.75, 3.05) is 5.43 Å². The standard InChI is InChI=1S/C20H19N3S/c1-2-8-15(9-3-1)14-16-10-4-5-11-17(16)22-23-20-21-18-12-6-7-13-19(18)24-20/h1-3,6-9,11-14,22H,4-5,10H2,(H,21,23)/b16-14+. The van der Waals surface area contributed by atoms with E-state index in [1.807, 2.05) is 24.3 Å². The Balaban J connectivity index is 1.51. The maximum atomic E-state index is 4.60. The number of allylic oxidation sites excluding steroid dienone is 2. The molecule has 0 bridgehead atoms. The smallest absolute Gasteiger partial charge is 0.202 e. The average Bonchev–Trinajstić information content (AvgIpc) is 3.05. The molecule has 3 aromatic rings. The molecule has 0 unspecified atom stereocenters. The van der Waals surface area contributed by atoms with Crippen LogP contribution in [0.4, 0.5) is 5.13 Å². The molecule has 1 aliphatic carbocycles. The number of benzene rings is 2. The van der Waals surface area contributed by atoms with Gasteiger partial charge in [-0.25, -0.2) is 4.98 Å². The van der Waals surface area contributed by atoms with Gasteiger partial charge in [-0.1, -0.05) is 59.9 Å². The van der Waals surface area contributed by atoms with Crippen LogP contribution in [0.2, 0.25) is 0 Å². The Kier molecular flexibility index (Phi) is 4.30. The molecule has 0 saturated carbocycles. The average molecular weight is 333 g/mol. The summed E-state index contributed by atoms with van der Waals surface area (Å²) in [4.78, 5) is 4.60. The highest BCUT2D eigenvalue weighted by molar-refractivity contribution is 7.22. The quantitative estimate of drug-likeness (QED) is 0.631. The minimum Gasteiger partial charge on any atom is -0.299 e. The lowest BCUT2D eigenvalue weighted by Crippen LogP contribution is -2.23. The number of nitrogens with zero attached hydrogens (tertiary/aromatic N) is 1. The SMILES string of the molecule is C1=C(NNc2nc3ccccc3s2)/C(=C/c2ccccc2)CCC1. The van der Waals surface area contributed by atoms with Crippen molar-refractivity contribution in [3.05, 3.63) is 77.5 Å². The summed E-state index contributed by atoms with van der Waals surface area (Å²) in [6, 6.07) is 18.7. The van der Waals surface area contributed by atoms with E-state index in [-0.39, 0.29) is 0 Å². The Hall–Kier alpha value is -2.59. The fourth-order valence-electron chi connectivity index (χ4n) is 2.88. The summed E-state index contributed by atoms with van der Waals surface area (Å²) in [6.07, 6.45) is 7.92. The van der Waals surface area contributed by atoms with E-state index in [9.17, 15) is 0 Å². The number of hydrogen-bond acceptors (Lipinski definition) is 4. The molecular formula is C20H19N3S. The first-order valence-electron chi connectivity index (χ1n) is 8.22. The highest BCUT2D eigenvalue weighted by Crippen LogP contribution is 2.27. The molecule has 0 saturated heterocycles. The molecule has 2 N–H and O–H groups in total. The number of fused-ring (bicyclic) bond motifs is 1. The third kappa shape index (κ3) is 3.34. The lowest BCUT2D eigenvalue weighted by Gasteiger charge is -2.19. The molecule has 4 rings (SSSR count). The van der Waals surface area contributed by atoms with Crippen molar-refractivity contribution in [3.63, 3.8) is 0 Å². The van der Waals surface area contributed by atoms with E-state index < -0.39 is 0 Å². The van der Waals surface area contributed by atoms with Crippen LogP contribution in [0.15, 0.2) is 71.9 Å². The van der Waals surface area contributed by atoms with Gasteiger partial charge >= 0.3 is 0 Å². The number of hydrazine groups is 1. The first-order chi connectivity index (χ1) is 11.9. The van der Waals surface area contributed by atoms with Crippen molar-refractivity contribution in [2.24, 2.45) is 0 Å². The van der Waals surface area contributed by atoms with Crippen molar-refractivity contribution in [3.8, 4) is 0 Å². The van der Waals surface area contributed by atoms with Crippen molar-refractivity contribution < 1.29 is 0 Å². The predicted octanol–water partition coefficient (Wildman–Crippen LogP) is 5.36. The first kappa shape index (κ1) is 15.0. The molecule has 4 heteroatoms. The number of hydrogen-bond donors (Lipinski definition) is 2. The molecule has 0 atom stereocenters. The molecule has 0 spiro atoms. The van der Waals surface area contributed by atoms with Gasteiger partial charge in [-0.2, -0.15) is 0 Å². The van der Waals surface area contributed by atoms with Crippen LogP contribution in [0.3, 0.4) is 0 Å². The zero-order valence-corrected chi connectivity index (χ0v) is 14.1. The Morgan fingerprint density at radius 3 is 2.67 bits per heavy atom. The second-order valence-corrected chi connectivity index (χ2v) is 6.86. The summed E-state index contributed by atoms with van der Waals surface area (Å²) in [5.74, 6) is 0. The topological polar surface area (TPSA) is 37.0 Å². The van der Waals surface area contributed by atoms with Crippen LogP contribution in [-0.2, 0) is 0 Å². The van der Waals surface area contributed by atoms with Gasteiger partial charge in [-0.05, 0) is 48.6 Å². The van der Waals surface area contributed by atoms with Gasteiger partial charge in [0.05, 0.1) is 15.9 Å². The second kappa shape index (κ2) is 6.89. The van der Waals surface area contributed by atoms with Crippen molar-refractivity contribution >= 4 is 32.8 Å². The molecule has 0 radical (unpaired) electrons. The Morgan fingerprint density at radius 1 is 0.958 bits per heavy atom. The Labute approximate surface area is 145 Å². The van der Waals surface area contributed by atoms with Gasteiger partial charge in [-0.3, -0.25) is 10.9 Å². The maximum Gasteiger partial charge on any atom is 0.202 e. The molecule has 1 heterocycles. The fraction of sp³-hybridized carbons (Fsp3) is 0.150. The lowest BCUT2D eigenvalue weighted by atomic mass is 9.96. The van der Waals surface area contributed by atoms with Crippen LogP contribution in [0.5, 0.6) is 0 Å². The summed E-state index contributed by atoms with van der Waals surface area (Å²) in [7, 11) is 0. The minimum absolute atomic E-state index is 0.890. The molecule has 0 fully saturated rings. The van der Waals surface area contributed by atoms with Gasteiger partial charge in [0, 0.05) is 0 Å². The van der Waals surface area contributed by atoms with Gasteiger partial charge in [0.2, 0.25) is 5.13 Å². The van der Waals surface area contributed by atoms with Crippen molar-refractivity contribution in [1.82, 2.24) is 10.4 Å². The van der Waals surface area contributed by atoms with Crippen molar-refractivity contribution in [1.29, 1.82) is 0 Å². The van der Waals surface area contributed by atoms with Crippen LogP contribution in [0.1, 0.15) is 24.8 Å². The number of rotatable bonds is 4. The van der Waals surface area contributed by atoms with E-state index >= 15 is 0 Å². The van der Waals surface area contributed by atoms with Crippen LogP contribution in [-0.4, -0.2) is 4.98 Å². The summed E-state index contributed by atoms with van der Waals surface area (Å²) in [5.41, 5.74) is 11.4. The minimum atomic E-state index is 0.890. The summed E-state index contributed by atoms with van der Waals surface area (Å²) in [6.45, 7) is 0. The van der Waals surface area contributed by atoms with E-state index in [1.54, 1.807) is 11.3 Å². The normalized spacial score (nSPS) is 16.2. The Morgan fingerprint density at radius 2 is 1.79 bits per heavy atom. The summed E-state index contributed by atoms with van der Waals surface area (Å²) in [5, 5.41) is 0.890. The third-order valence-corrected chi connectivity index (χ3v) is 5.03. The highest BCUT2D eigenvalue weighted by Gasteiger charge is 2.11. The summed E-state index contributed by atoms with van der Waals surface area (Å²) >= 11 is 1.66. The number of anilines is 1. The monoisotopic (exact) mass is 333 g/mol. The second-order valence-electron chi connectivity index (χ2n) is 5.83. The predicted molar refractivity (Wildman–Crippen MR) is 103 cm³/mol. The molecule has 1 aliphatic rings. The van der Waals surface area contributed by atoms with Gasteiger partial charge in [0.1, 0.15) is 0 Å². The lowest BCUT2D eigenvalue weighted by molar-refractivity contribution is 0.769. The van der Waals surface area contributed by atoms with E-state index in [0.29, 0.717) is 0 Å². The van der Waals surface area contributed by atoms with Crippen LogP contribution in [0, 0.1) is 0 Å². The Bertz CT molecular complexity index is 860. The molecular weight excluding hydrogens is 314 g/mol. The molecule has 1 aromatic heterocycles.